The van der Waals surface area contributed by atoms with Crippen LogP contribution in [0.3, 0.4) is 0 Å². The van der Waals surface area contributed by atoms with E-state index in [1.54, 1.807) is 17.5 Å². The summed E-state index contributed by atoms with van der Waals surface area (Å²) in [6, 6.07) is 16.7. The molecular weight excluding hydrogens is 386 g/mol. The third-order valence-electron chi connectivity index (χ3n) is 4.07. The molecule has 150 valence electrons. The number of carbonyl (C=O) groups excluding carboxylic acids is 2. The molecular formula is C22H23N3O3S. The van der Waals surface area contributed by atoms with E-state index in [-0.39, 0.29) is 23.9 Å². The molecule has 2 aromatic carbocycles. The lowest BCUT2D eigenvalue weighted by molar-refractivity contribution is -0.115. The highest BCUT2D eigenvalue weighted by Gasteiger charge is 2.13. The van der Waals surface area contributed by atoms with Gasteiger partial charge in [-0.15, -0.1) is 11.3 Å². The van der Waals surface area contributed by atoms with Gasteiger partial charge in [-0.05, 0) is 36.2 Å². The van der Waals surface area contributed by atoms with Crippen LogP contribution < -0.4 is 15.4 Å². The molecule has 0 bridgehead atoms. The second kappa shape index (κ2) is 10.4. The largest absolute Gasteiger partial charge is 0.494 e. The third kappa shape index (κ3) is 6.43. The van der Waals surface area contributed by atoms with Crippen LogP contribution in [0.2, 0.25) is 0 Å². The van der Waals surface area contributed by atoms with Gasteiger partial charge in [-0.2, -0.15) is 0 Å². The van der Waals surface area contributed by atoms with Gasteiger partial charge in [0.1, 0.15) is 11.4 Å². The fraction of sp³-hybridized carbons (Fsp3) is 0.227. The average molecular weight is 410 g/mol. The first-order chi connectivity index (χ1) is 14.1. The Balaban J connectivity index is 1.51. The zero-order valence-corrected chi connectivity index (χ0v) is 17.0. The minimum atomic E-state index is -0.329. The SMILES string of the molecule is CCCCOc1ccc(NC(=O)c2csc(NC(=O)Cc3ccccc3)n2)cc1. The van der Waals surface area contributed by atoms with Crippen molar-refractivity contribution in [1.29, 1.82) is 0 Å². The van der Waals surface area contributed by atoms with Crippen LogP contribution in [0.1, 0.15) is 35.8 Å². The van der Waals surface area contributed by atoms with Gasteiger partial charge < -0.3 is 15.4 Å². The summed E-state index contributed by atoms with van der Waals surface area (Å²) in [5.41, 5.74) is 1.83. The Bertz CT molecular complexity index is 939. The Kier molecular flexibility index (Phi) is 7.35. The molecule has 29 heavy (non-hydrogen) atoms. The minimum Gasteiger partial charge on any atom is -0.494 e. The summed E-state index contributed by atoms with van der Waals surface area (Å²) in [5.74, 6) is 0.272. The van der Waals surface area contributed by atoms with Gasteiger partial charge in [0.2, 0.25) is 5.91 Å². The fourth-order valence-electron chi connectivity index (χ4n) is 2.54. The number of thiazole rings is 1. The Hall–Kier alpha value is -3.19. The zero-order chi connectivity index (χ0) is 20.5. The van der Waals surface area contributed by atoms with Crippen LogP contribution in [0.25, 0.3) is 0 Å². The molecule has 0 aliphatic carbocycles. The lowest BCUT2D eigenvalue weighted by Gasteiger charge is -2.07. The predicted octanol–water partition coefficient (Wildman–Crippen LogP) is 4.76. The first-order valence-electron chi connectivity index (χ1n) is 9.47. The van der Waals surface area contributed by atoms with Crippen molar-refractivity contribution in [3.05, 3.63) is 71.2 Å². The summed E-state index contributed by atoms with van der Waals surface area (Å²) in [6.07, 6.45) is 2.34. The van der Waals surface area contributed by atoms with E-state index in [4.69, 9.17) is 4.74 Å². The lowest BCUT2D eigenvalue weighted by Crippen LogP contribution is -2.15. The Morgan fingerprint density at radius 2 is 1.79 bits per heavy atom. The van der Waals surface area contributed by atoms with Crippen LogP contribution in [0.4, 0.5) is 10.8 Å². The maximum atomic E-state index is 12.4. The van der Waals surface area contributed by atoms with Crippen molar-refractivity contribution in [2.75, 3.05) is 17.2 Å². The molecule has 7 heteroatoms. The number of unbranched alkanes of at least 4 members (excludes halogenated alkanes) is 1. The van der Waals surface area contributed by atoms with Crippen molar-refractivity contribution in [2.24, 2.45) is 0 Å². The van der Waals surface area contributed by atoms with Gasteiger partial charge in [0.05, 0.1) is 13.0 Å². The van der Waals surface area contributed by atoms with Crippen LogP contribution in [0.5, 0.6) is 5.75 Å². The maximum absolute atomic E-state index is 12.4. The van der Waals surface area contributed by atoms with Crippen LogP contribution in [0.15, 0.2) is 60.0 Å². The first kappa shape index (κ1) is 20.5. The highest BCUT2D eigenvalue weighted by molar-refractivity contribution is 7.14. The summed E-state index contributed by atoms with van der Waals surface area (Å²) in [6.45, 7) is 2.79. The van der Waals surface area contributed by atoms with Crippen LogP contribution in [-0.4, -0.2) is 23.4 Å². The van der Waals surface area contributed by atoms with Crippen molar-refractivity contribution in [3.63, 3.8) is 0 Å². The van der Waals surface area contributed by atoms with E-state index in [2.05, 4.69) is 22.5 Å². The van der Waals surface area contributed by atoms with Crippen molar-refractivity contribution < 1.29 is 14.3 Å². The molecule has 1 heterocycles. The Labute approximate surface area is 173 Å². The predicted molar refractivity (Wildman–Crippen MR) is 116 cm³/mol. The maximum Gasteiger partial charge on any atom is 0.275 e. The molecule has 1 aromatic heterocycles. The van der Waals surface area contributed by atoms with Gasteiger partial charge in [0.15, 0.2) is 5.13 Å². The summed E-state index contributed by atoms with van der Waals surface area (Å²) in [5, 5.41) is 7.55. The van der Waals surface area contributed by atoms with Crippen LogP contribution >= 0.6 is 11.3 Å². The molecule has 3 aromatic rings. The number of nitrogens with zero attached hydrogens (tertiary/aromatic N) is 1. The lowest BCUT2D eigenvalue weighted by atomic mass is 10.1. The van der Waals surface area contributed by atoms with Crippen LogP contribution in [-0.2, 0) is 11.2 Å². The van der Waals surface area contributed by atoms with Crippen molar-refractivity contribution >= 4 is 34.0 Å². The standard InChI is InChI=1S/C22H23N3O3S/c1-2-3-13-28-18-11-9-17(10-12-18)23-21(27)19-15-29-22(24-19)25-20(26)14-16-7-5-4-6-8-16/h4-12,15H,2-3,13-14H2,1H3,(H,23,27)(H,24,25,26). The topological polar surface area (TPSA) is 80.3 Å². The molecule has 2 N–H and O–H groups in total. The molecule has 0 fully saturated rings. The van der Waals surface area contributed by atoms with Gasteiger partial charge in [-0.1, -0.05) is 43.7 Å². The van der Waals surface area contributed by atoms with Gasteiger partial charge in [-0.25, -0.2) is 4.98 Å². The number of hydrogen-bond donors (Lipinski definition) is 2. The van der Waals surface area contributed by atoms with E-state index in [9.17, 15) is 9.59 Å². The van der Waals surface area contributed by atoms with E-state index in [0.29, 0.717) is 17.4 Å². The molecule has 0 saturated carbocycles. The monoisotopic (exact) mass is 409 g/mol. The fourth-order valence-corrected chi connectivity index (χ4v) is 3.25. The molecule has 0 aliphatic rings. The normalized spacial score (nSPS) is 10.4. The Morgan fingerprint density at radius 3 is 2.52 bits per heavy atom. The number of benzene rings is 2. The molecule has 0 unspecified atom stereocenters. The molecule has 0 spiro atoms. The van der Waals surface area contributed by atoms with Gasteiger partial charge in [0, 0.05) is 11.1 Å². The number of nitrogens with one attached hydrogen (secondary N) is 2. The van der Waals surface area contributed by atoms with Gasteiger partial charge in [0.25, 0.3) is 5.91 Å². The van der Waals surface area contributed by atoms with Crippen molar-refractivity contribution in [3.8, 4) is 5.75 Å². The molecule has 0 saturated heterocycles. The highest BCUT2D eigenvalue weighted by atomic mass is 32.1. The van der Waals surface area contributed by atoms with E-state index in [0.717, 1.165) is 24.2 Å². The van der Waals surface area contributed by atoms with E-state index < -0.39 is 0 Å². The van der Waals surface area contributed by atoms with E-state index in [1.807, 2.05) is 42.5 Å². The quantitative estimate of drug-likeness (QED) is 0.500. The molecule has 0 radical (unpaired) electrons. The number of anilines is 2. The number of rotatable bonds is 9. The Morgan fingerprint density at radius 1 is 1.03 bits per heavy atom. The number of ether oxygens (including phenoxy) is 1. The summed E-state index contributed by atoms with van der Waals surface area (Å²) in [4.78, 5) is 28.7. The number of carbonyl (C=O) groups is 2. The van der Waals surface area contributed by atoms with E-state index >= 15 is 0 Å². The van der Waals surface area contributed by atoms with Gasteiger partial charge in [-0.3, -0.25) is 9.59 Å². The average Bonchev–Trinajstić information content (AvgIpc) is 3.19. The van der Waals surface area contributed by atoms with Gasteiger partial charge >= 0.3 is 0 Å². The molecule has 2 amide bonds. The molecule has 3 rings (SSSR count). The number of amides is 2. The van der Waals surface area contributed by atoms with Crippen LogP contribution in [0, 0.1) is 0 Å². The summed E-state index contributed by atoms with van der Waals surface area (Å²) in [7, 11) is 0. The molecule has 6 nitrogen and oxygen atoms in total. The highest BCUT2D eigenvalue weighted by Crippen LogP contribution is 2.19. The second-order valence-corrected chi connectivity index (χ2v) is 7.29. The van der Waals surface area contributed by atoms with Crippen molar-refractivity contribution in [1.82, 2.24) is 4.98 Å². The molecule has 0 aliphatic heterocycles. The first-order valence-corrected chi connectivity index (χ1v) is 10.4. The minimum absolute atomic E-state index is 0.170. The number of aromatic nitrogens is 1. The second-order valence-electron chi connectivity index (χ2n) is 6.43. The third-order valence-corrected chi connectivity index (χ3v) is 4.83. The summed E-state index contributed by atoms with van der Waals surface area (Å²) < 4.78 is 5.61. The number of hydrogen-bond acceptors (Lipinski definition) is 5. The van der Waals surface area contributed by atoms with E-state index in [1.165, 1.54) is 11.3 Å². The summed E-state index contributed by atoms with van der Waals surface area (Å²) >= 11 is 1.22. The molecule has 0 atom stereocenters. The van der Waals surface area contributed by atoms with Crippen molar-refractivity contribution in [2.45, 2.75) is 26.2 Å². The zero-order valence-electron chi connectivity index (χ0n) is 16.2. The smallest absolute Gasteiger partial charge is 0.275 e.